The number of carbonyl (C=O) groups is 3. The lowest BCUT2D eigenvalue weighted by molar-refractivity contribution is -0.902. The molecule has 0 aromatic heterocycles. The Morgan fingerprint density at radius 3 is 2.36 bits per heavy atom. The minimum atomic E-state index is -0.650. The van der Waals surface area contributed by atoms with Crippen LogP contribution >= 0.6 is 0 Å². The zero-order valence-corrected chi connectivity index (χ0v) is 16.8. The van der Waals surface area contributed by atoms with Gasteiger partial charge in [-0.1, -0.05) is 32.0 Å². The van der Waals surface area contributed by atoms with Gasteiger partial charge >= 0.3 is 0 Å². The quantitative estimate of drug-likeness (QED) is 0.599. The lowest BCUT2D eigenvalue weighted by atomic mass is 9.72. The number of Topliss-reactive ketones (excluding diaryl/α,β-unsaturated/α-hetero) is 2. The van der Waals surface area contributed by atoms with E-state index in [0.717, 1.165) is 38.3 Å². The van der Waals surface area contributed by atoms with Crippen LogP contribution in [0.25, 0.3) is 0 Å². The van der Waals surface area contributed by atoms with E-state index < -0.39 is 5.92 Å². The number of carbonyl (C=O) groups excluding carboxylic acids is 3. The van der Waals surface area contributed by atoms with E-state index in [2.05, 4.69) is 4.99 Å². The van der Waals surface area contributed by atoms with Crippen LogP contribution in [0.2, 0.25) is 0 Å². The van der Waals surface area contributed by atoms with Crippen molar-refractivity contribution in [3.05, 3.63) is 35.9 Å². The van der Waals surface area contributed by atoms with E-state index in [1.165, 1.54) is 4.90 Å². The Morgan fingerprint density at radius 1 is 1.14 bits per heavy atom. The number of nitrogens with zero attached hydrogens (tertiary/aromatic N) is 2. The van der Waals surface area contributed by atoms with Crippen molar-refractivity contribution in [3.8, 4) is 0 Å². The lowest BCUT2D eigenvalue weighted by Crippen LogP contribution is -3.15. The topological polar surface area (TPSA) is 71.2 Å². The maximum atomic E-state index is 12.5. The number of benzene rings is 1. The average molecular weight is 385 g/mol. The molecule has 6 nitrogen and oxygen atoms in total. The van der Waals surface area contributed by atoms with Gasteiger partial charge in [-0.3, -0.25) is 19.4 Å². The highest BCUT2D eigenvalue weighted by molar-refractivity contribution is 6.16. The van der Waals surface area contributed by atoms with Crippen molar-refractivity contribution in [2.75, 3.05) is 39.3 Å². The van der Waals surface area contributed by atoms with Gasteiger partial charge < -0.3 is 9.80 Å². The van der Waals surface area contributed by atoms with Gasteiger partial charge in [-0.05, 0) is 17.5 Å². The van der Waals surface area contributed by atoms with Gasteiger partial charge in [0, 0.05) is 24.6 Å². The van der Waals surface area contributed by atoms with Crippen molar-refractivity contribution < 1.29 is 19.3 Å². The molecule has 0 unspecified atom stereocenters. The second kappa shape index (κ2) is 8.78. The molecule has 1 saturated carbocycles. The smallest absolute Gasteiger partial charge is 0.254 e. The average Bonchev–Trinajstić information content (AvgIpc) is 2.66. The largest absolute Gasteiger partial charge is 0.330 e. The molecule has 0 atom stereocenters. The lowest BCUT2D eigenvalue weighted by Gasteiger charge is -2.32. The first-order chi connectivity index (χ1) is 13.4. The predicted molar refractivity (Wildman–Crippen MR) is 108 cm³/mol. The molecule has 1 aliphatic carbocycles. The van der Waals surface area contributed by atoms with Crippen LogP contribution < -0.4 is 4.90 Å². The Bertz CT molecular complexity index is 730. The first kappa shape index (κ1) is 20.4. The molecule has 1 heterocycles. The molecule has 0 radical (unpaired) electrons. The van der Waals surface area contributed by atoms with E-state index in [9.17, 15) is 14.4 Å². The van der Waals surface area contributed by atoms with Crippen LogP contribution in [0.5, 0.6) is 0 Å². The molecule has 2 fully saturated rings. The highest BCUT2D eigenvalue weighted by Crippen LogP contribution is 2.33. The normalized spacial score (nSPS) is 21.4. The van der Waals surface area contributed by atoms with Crippen molar-refractivity contribution in [2.24, 2.45) is 16.3 Å². The zero-order valence-electron chi connectivity index (χ0n) is 16.8. The van der Waals surface area contributed by atoms with Crippen LogP contribution in [0, 0.1) is 11.3 Å². The fourth-order valence-corrected chi connectivity index (χ4v) is 4.01. The number of piperazine rings is 1. The SMILES string of the molecule is CC1(C)CC(=O)C(C=NCC[NH+]2CCN(C(=O)c3ccccc3)CC2)C(=O)C1. The Kier molecular flexibility index (Phi) is 6.39. The molecular weight excluding hydrogens is 354 g/mol. The van der Waals surface area contributed by atoms with E-state index in [-0.39, 0.29) is 22.9 Å². The Balaban J connectivity index is 1.41. The second-order valence-electron chi connectivity index (χ2n) is 8.64. The minimum Gasteiger partial charge on any atom is -0.330 e. The standard InChI is InChI=1S/C22H29N3O3/c1-22(2)14-19(26)18(20(27)15-22)16-23-8-9-24-10-12-25(13-11-24)21(28)17-6-4-3-5-7-17/h3-7,16,18H,8-15H2,1-2H3/p+1. The van der Waals surface area contributed by atoms with Crippen molar-refractivity contribution >= 4 is 23.7 Å². The van der Waals surface area contributed by atoms with E-state index >= 15 is 0 Å². The van der Waals surface area contributed by atoms with E-state index in [1.807, 2.05) is 49.1 Å². The molecule has 1 aromatic carbocycles. The molecule has 1 aromatic rings. The molecule has 1 saturated heterocycles. The van der Waals surface area contributed by atoms with Crippen molar-refractivity contribution in [2.45, 2.75) is 26.7 Å². The van der Waals surface area contributed by atoms with Gasteiger partial charge in [0.15, 0.2) is 0 Å². The van der Waals surface area contributed by atoms with Crippen molar-refractivity contribution in [3.63, 3.8) is 0 Å². The number of amides is 1. The van der Waals surface area contributed by atoms with E-state index in [0.29, 0.717) is 19.4 Å². The summed E-state index contributed by atoms with van der Waals surface area (Å²) in [6, 6.07) is 9.39. The van der Waals surface area contributed by atoms with Crippen molar-refractivity contribution in [1.82, 2.24) is 4.90 Å². The number of nitrogens with one attached hydrogen (secondary N) is 1. The zero-order chi connectivity index (χ0) is 20.1. The highest BCUT2D eigenvalue weighted by atomic mass is 16.2. The van der Waals surface area contributed by atoms with Gasteiger partial charge in [-0.2, -0.15) is 0 Å². The molecule has 3 rings (SSSR count). The fourth-order valence-electron chi connectivity index (χ4n) is 4.01. The second-order valence-corrected chi connectivity index (χ2v) is 8.64. The monoisotopic (exact) mass is 384 g/mol. The summed E-state index contributed by atoms with van der Waals surface area (Å²) in [5.74, 6) is -0.575. The number of quaternary nitrogens is 1. The number of ketones is 2. The molecule has 0 spiro atoms. The van der Waals surface area contributed by atoms with Gasteiger partial charge in [0.25, 0.3) is 5.91 Å². The fraction of sp³-hybridized carbons (Fsp3) is 0.545. The molecule has 1 N–H and O–H groups in total. The van der Waals surface area contributed by atoms with Crippen LogP contribution in [-0.4, -0.2) is 67.9 Å². The summed E-state index contributed by atoms with van der Waals surface area (Å²) < 4.78 is 0. The molecule has 2 aliphatic rings. The van der Waals surface area contributed by atoms with Crippen LogP contribution in [0.1, 0.15) is 37.0 Å². The number of rotatable bonds is 5. The third-order valence-corrected chi connectivity index (χ3v) is 5.63. The van der Waals surface area contributed by atoms with Crippen molar-refractivity contribution in [1.29, 1.82) is 0 Å². The van der Waals surface area contributed by atoms with Crippen LogP contribution in [0.3, 0.4) is 0 Å². The molecule has 0 bridgehead atoms. The molecule has 150 valence electrons. The highest BCUT2D eigenvalue weighted by Gasteiger charge is 2.38. The maximum Gasteiger partial charge on any atom is 0.254 e. The van der Waals surface area contributed by atoms with Gasteiger partial charge in [-0.15, -0.1) is 0 Å². The third kappa shape index (κ3) is 5.13. The van der Waals surface area contributed by atoms with E-state index in [1.54, 1.807) is 6.21 Å². The molecule has 28 heavy (non-hydrogen) atoms. The predicted octanol–water partition coefficient (Wildman–Crippen LogP) is 0.673. The summed E-state index contributed by atoms with van der Waals surface area (Å²) >= 11 is 0. The third-order valence-electron chi connectivity index (χ3n) is 5.63. The molecular formula is C22H30N3O3+. The first-order valence-corrected chi connectivity index (χ1v) is 10.1. The van der Waals surface area contributed by atoms with Crippen LogP contribution in [0.4, 0.5) is 0 Å². The maximum absolute atomic E-state index is 12.5. The summed E-state index contributed by atoms with van der Waals surface area (Å²) in [4.78, 5) is 44.5. The number of hydrogen-bond acceptors (Lipinski definition) is 4. The number of hydrogen-bond donors (Lipinski definition) is 1. The van der Waals surface area contributed by atoms with Gasteiger partial charge in [0.2, 0.25) is 0 Å². The summed E-state index contributed by atoms with van der Waals surface area (Å²) in [5, 5.41) is 0. The minimum absolute atomic E-state index is 0.00890. The van der Waals surface area contributed by atoms with Crippen LogP contribution in [-0.2, 0) is 9.59 Å². The van der Waals surface area contributed by atoms with E-state index in [4.69, 9.17) is 0 Å². The summed E-state index contributed by atoms with van der Waals surface area (Å²) in [6.45, 7) is 8.63. The van der Waals surface area contributed by atoms with Gasteiger partial charge in [-0.25, -0.2) is 0 Å². The summed E-state index contributed by atoms with van der Waals surface area (Å²) in [5.41, 5.74) is 0.514. The molecule has 1 aliphatic heterocycles. The first-order valence-electron chi connectivity index (χ1n) is 10.1. The van der Waals surface area contributed by atoms with Gasteiger partial charge in [0.05, 0.1) is 39.3 Å². The number of aliphatic imine (C=N–C) groups is 1. The van der Waals surface area contributed by atoms with Gasteiger partial charge in [0.1, 0.15) is 17.5 Å². The Morgan fingerprint density at radius 2 is 1.75 bits per heavy atom. The molecule has 1 amide bonds. The summed E-state index contributed by atoms with van der Waals surface area (Å²) in [7, 11) is 0. The van der Waals surface area contributed by atoms with Crippen LogP contribution in [0.15, 0.2) is 35.3 Å². The Hall–Kier alpha value is -2.34. The summed E-state index contributed by atoms with van der Waals surface area (Å²) in [6.07, 6.45) is 2.45. The Labute approximate surface area is 166 Å². The molecule has 6 heteroatoms.